The van der Waals surface area contributed by atoms with Crippen molar-refractivity contribution in [2.75, 3.05) is 11.9 Å². The second-order valence-electron chi connectivity index (χ2n) is 7.08. The lowest BCUT2D eigenvalue weighted by Gasteiger charge is -2.09. The van der Waals surface area contributed by atoms with Gasteiger partial charge in [0.1, 0.15) is 11.4 Å². The molecular formula is C24H25N3O2. The van der Waals surface area contributed by atoms with Gasteiger partial charge in [0.2, 0.25) is 0 Å². The van der Waals surface area contributed by atoms with Crippen LogP contribution >= 0.6 is 0 Å². The minimum atomic E-state index is -0.339. The zero-order valence-electron chi connectivity index (χ0n) is 16.7. The van der Waals surface area contributed by atoms with Crippen LogP contribution in [0.5, 0.6) is 0 Å². The number of nitrogens with zero attached hydrogens (tertiary/aromatic N) is 1. The number of benzene rings is 2. The van der Waals surface area contributed by atoms with E-state index < -0.39 is 0 Å². The van der Waals surface area contributed by atoms with Crippen molar-refractivity contribution in [3.05, 3.63) is 94.8 Å². The Hall–Kier alpha value is -3.47. The van der Waals surface area contributed by atoms with Gasteiger partial charge in [-0.15, -0.1) is 0 Å². The van der Waals surface area contributed by atoms with Crippen LogP contribution in [0.25, 0.3) is 0 Å². The van der Waals surface area contributed by atoms with Gasteiger partial charge in [-0.25, -0.2) is 4.98 Å². The number of hydrogen-bond acceptors (Lipinski definition) is 3. The molecule has 0 aliphatic carbocycles. The van der Waals surface area contributed by atoms with Gasteiger partial charge in [-0.2, -0.15) is 0 Å². The van der Waals surface area contributed by atoms with Gasteiger partial charge < -0.3 is 10.6 Å². The number of aryl methyl sites for hydroxylation is 3. The minimum absolute atomic E-state index is 0.209. The molecule has 29 heavy (non-hydrogen) atoms. The molecular weight excluding hydrogens is 362 g/mol. The Morgan fingerprint density at radius 3 is 2.17 bits per heavy atom. The topological polar surface area (TPSA) is 71.1 Å². The molecule has 3 aromatic rings. The van der Waals surface area contributed by atoms with Crippen molar-refractivity contribution in [3.8, 4) is 0 Å². The normalized spacial score (nSPS) is 10.4. The third kappa shape index (κ3) is 6.01. The number of nitrogens with one attached hydrogen (secondary N) is 2. The molecule has 1 aromatic heterocycles. The molecule has 2 N–H and O–H groups in total. The molecule has 3 rings (SSSR count). The lowest BCUT2D eigenvalue weighted by Crippen LogP contribution is -2.26. The van der Waals surface area contributed by atoms with Crippen LogP contribution < -0.4 is 10.6 Å². The maximum atomic E-state index is 12.5. The zero-order chi connectivity index (χ0) is 20.6. The summed E-state index contributed by atoms with van der Waals surface area (Å²) in [7, 11) is 0. The summed E-state index contributed by atoms with van der Waals surface area (Å²) >= 11 is 0. The van der Waals surface area contributed by atoms with E-state index in [1.54, 1.807) is 18.2 Å². The van der Waals surface area contributed by atoms with Gasteiger partial charge in [0.25, 0.3) is 11.8 Å². The lowest BCUT2D eigenvalue weighted by atomic mass is 10.1. The summed E-state index contributed by atoms with van der Waals surface area (Å²) in [5.74, 6) is -0.618. The van der Waals surface area contributed by atoms with Gasteiger partial charge in [0.15, 0.2) is 0 Å². The molecule has 0 saturated carbocycles. The number of hydrogen-bond donors (Lipinski definition) is 2. The van der Waals surface area contributed by atoms with E-state index in [0.29, 0.717) is 12.2 Å². The summed E-state index contributed by atoms with van der Waals surface area (Å²) in [6, 6.07) is 20.9. The summed E-state index contributed by atoms with van der Waals surface area (Å²) in [4.78, 5) is 29.1. The fourth-order valence-corrected chi connectivity index (χ4v) is 3.16. The Kier molecular flexibility index (Phi) is 6.74. The number of aromatic nitrogens is 1. The highest BCUT2D eigenvalue weighted by Crippen LogP contribution is 2.14. The van der Waals surface area contributed by atoms with E-state index in [1.165, 1.54) is 5.56 Å². The monoisotopic (exact) mass is 387 g/mol. The minimum Gasteiger partial charge on any atom is -0.351 e. The molecule has 0 aliphatic heterocycles. The second kappa shape index (κ2) is 9.64. The molecule has 0 saturated heterocycles. The molecule has 0 unspecified atom stereocenters. The Bertz CT molecular complexity index is 980. The Morgan fingerprint density at radius 1 is 0.828 bits per heavy atom. The van der Waals surface area contributed by atoms with E-state index in [-0.39, 0.29) is 23.2 Å². The predicted molar refractivity (Wildman–Crippen MR) is 115 cm³/mol. The van der Waals surface area contributed by atoms with Crippen molar-refractivity contribution >= 4 is 17.5 Å². The number of rotatable bonds is 7. The van der Waals surface area contributed by atoms with Crippen molar-refractivity contribution in [2.45, 2.75) is 26.7 Å². The van der Waals surface area contributed by atoms with Gasteiger partial charge in [0, 0.05) is 12.2 Å². The first kappa shape index (κ1) is 20.3. The highest BCUT2D eigenvalue weighted by atomic mass is 16.2. The molecule has 1 heterocycles. The van der Waals surface area contributed by atoms with Crippen LogP contribution in [0.15, 0.2) is 66.7 Å². The van der Waals surface area contributed by atoms with Crippen molar-refractivity contribution in [1.29, 1.82) is 0 Å². The highest BCUT2D eigenvalue weighted by Gasteiger charge is 2.12. The molecule has 0 radical (unpaired) electrons. The molecule has 0 atom stereocenters. The number of pyridine rings is 1. The van der Waals surface area contributed by atoms with Crippen molar-refractivity contribution in [1.82, 2.24) is 10.3 Å². The van der Waals surface area contributed by atoms with E-state index in [9.17, 15) is 9.59 Å². The lowest BCUT2D eigenvalue weighted by molar-refractivity contribution is 0.0948. The fourth-order valence-electron chi connectivity index (χ4n) is 3.16. The first-order chi connectivity index (χ1) is 14.0. The van der Waals surface area contributed by atoms with E-state index >= 15 is 0 Å². The average molecular weight is 387 g/mol. The molecule has 2 amide bonds. The van der Waals surface area contributed by atoms with Gasteiger partial charge in [-0.1, -0.05) is 42.5 Å². The molecule has 5 nitrogen and oxygen atoms in total. The smallest absolute Gasteiger partial charge is 0.274 e. The van der Waals surface area contributed by atoms with Crippen molar-refractivity contribution in [2.24, 2.45) is 0 Å². The quantitative estimate of drug-likeness (QED) is 0.593. The first-order valence-corrected chi connectivity index (χ1v) is 9.70. The SMILES string of the molecule is Cc1cc(C)cc(NC(=O)c2cccc(C(=O)NCCCc3ccccc3)n2)c1. The van der Waals surface area contributed by atoms with Crippen LogP contribution in [0.3, 0.4) is 0 Å². The molecule has 2 aromatic carbocycles. The Labute approximate surface area is 171 Å². The highest BCUT2D eigenvalue weighted by molar-refractivity contribution is 6.03. The first-order valence-electron chi connectivity index (χ1n) is 9.70. The number of anilines is 1. The van der Waals surface area contributed by atoms with E-state index in [2.05, 4.69) is 27.8 Å². The zero-order valence-corrected chi connectivity index (χ0v) is 16.7. The second-order valence-corrected chi connectivity index (χ2v) is 7.08. The van der Waals surface area contributed by atoms with Crippen molar-refractivity contribution in [3.63, 3.8) is 0 Å². The number of amides is 2. The third-order valence-corrected chi connectivity index (χ3v) is 4.46. The maximum Gasteiger partial charge on any atom is 0.274 e. The van der Waals surface area contributed by atoms with E-state index in [4.69, 9.17) is 0 Å². The van der Waals surface area contributed by atoms with Crippen LogP contribution in [-0.2, 0) is 6.42 Å². The fraction of sp³-hybridized carbons (Fsp3) is 0.208. The number of carbonyl (C=O) groups is 2. The standard InChI is InChI=1S/C24H25N3O2/c1-17-14-18(2)16-20(15-17)26-24(29)22-12-6-11-21(27-22)23(28)25-13-7-10-19-8-4-3-5-9-19/h3-6,8-9,11-12,14-16H,7,10,13H2,1-2H3,(H,25,28)(H,26,29). The van der Waals surface area contributed by atoms with E-state index in [1.807, 2.05) is 50.2 Å². The number of carbonyl (C=O) groups excluding carboxylic acids is 2. The Balaban J connectivity index is 1.56. The van der Waals surface area contributed by atoms with Crippen LogP contribution in [-0.4, -0.2) is 23.3 Å². The molecule has 5 heteroatoms. The summed E-state index contributed by atoms with van der Waals surface area (Å²) in [5, 5.41) is 5.71. The van der Waals surface area contributed by atoms with Gasteiger partial charge in [0.05, 0.1) is 0 Å². The molecule has 0 spiro atoms. The molecule has 0 fully saturated rings. The predicted octanol–water partition coefficient (Wildman–Crippen LogP) is 4.31. The maximum absolute atomic E-state index is 12.5. The van der Waals surface area contributed by atoms with Gasteiger partial charge in [-0.3, -0.25) is 9.59 Å². The van der Waals surface area contributed by atoms with E-state index in [0.717, 1.165) is 24.0 Å². The Morgan fingerprint density at radius 2 is 1.48 bits per heavy atom. The summed E-state index contributed by atoms with van der Waals surface area (Å²) in [6.07, 6.45) is 1.73. The summed E-state index contributed by atoms with van der Waals surface area (Å²) in [6.45, 7) is 4.50. The summed E-state index contributed by atoms with van der Waals surface area (Å²) in [5.41, 5.74) is 4.53. The van der Waals surface area contributed by atoms with Gasteiger partial charge >= 0.3 is 0 Å². The molecule has 0 aliphatic rings. The van der Waals surface area contributed by atoms with Crippen molar-refractivity contribution < 1.29 is 9.59 Å². The summed E-state index contributed by atoms with van der Waals surface area (Å²) < 4.78 is 0. The third-order valence-electron chi connectivity index (χ3n) is 4.46. The average Bonchev–Trinajstić information content (AvgIpc) is 2.71. The largest absolute Gasteiger partial charge is 0.351 e. The van der Waals surface area contributed by atoms with Crippen LogP contribution in [0.2, 0.25) is 0 Å². The van der Waals surface area contributed by atoms with Crippen LogP contribution in [0, 0.1) is 13.8 Å². The van der Waals surface area contributed by atoms with Gasteiger partial charge in [-0.05, 0) is 67.6 Å². The molecule has 148 valence electrons. The van der Waals surface area contributed by atoms with Crippen LogP contribution in [0.4, 0.5) is 5.69 Å². The molecule has 0 bridgehead atoms. The van der Waals surface area contributed by atoms with Crippen LogP contribution in [0.1, 0.15) is 44.1 Å².